The van der Waals surface area contributed by atoms with Crippen molar-refractivity contribution in [2.45, 2.75) is 60.6 Å². The Labute approximate surface area is 270 Å². The number of aromatic carboxylic acids is 1. The second kappa shape index (κ2) is 17.8. The number of aryl methyl sites for hydroxylation is 2. The molecule has 2 aromatic heterocycles. The van der Waals surface area contributed by atoms with Crippen LogP contribution >= 0.6 is 0 Å². The van der Waals surface area contributed by atoms with Gasteiger partial charge in [0.1, 0.15) is 18.2 Å². The van der Waals surface area contributed by atoms with Gasteiger partial charge in [0.05, 0.1) is 28.9 Å². The molecule has 0 unspecified atom stereocenters. The van der Waals surface area contributed by atoms with Gasteiger partial charge in [-0.3, -0.25) is 0 Å². The van der Waals surface area contributed by atoms with Gasteiger partial charge in [0.2, 0.25) is 5.88 Å². The minimum Gasteiger partial charge on any atom is -0.478 e. The lowest BCUT2D eigenvalue weighted by Gasteiger charge is -2.12. The van der Waals surface area contributed by atoms with Crippen molar-refractivity contribution < 1.29 is 28.9 Å². The summed E-state index contributed by atoms with van der Waals surface area (Å²) >= 11 is 0. The molecule has 9 heteroatoms. The van der Waals surface area contributed by atoms with Crippen LogP contribution in [0.3, 0.4) is 0 Å². The normalized spacial score (nSPS) is 10.5. The second-order valence-electron chi connectivity index (χ2n) is 10.5. The molecule has 5 aromatic rings. The highest BCUT2D eigenvalue weighted by atomic mass is 19.1. The molecule has 0 saturated carbocycles. The van der Waals surface area contributed by atoms with Crippen molar-refractivity contribution >= 4 is 17.0 Å². The van der Waals surface area contributed by atoms with Gasteiger partial charge in [0, 0.05) is 43.9 Å². The number of pyridine rings is 1. The molecule has 2 heterocycles. The number of aliphatic hydroxyl groups is 1. The average Bonchev–Trinajstić information content (AvgIpc) is 3.41. The first-order chi connectivity index (χ1) is 22.2. The first-order valence-electron chi connectivity index (χ1n) is 15.5. The van der Waals surface area contributed by atoms with Crippen LogP contribution in [0.1, 0.15) is 65.6 Å². The highest BCUT2D eigenvalue weighted by Gasteiger charge is 2.15. The van der Waals surface area contributed by atoms with Crippen molar-refractivity contribution in [3.63, 3.8) is 0 Å². The molecule has 0 saturated heterocycles. The van der Waals surface area contributed by atoms with Crippen LogP contribution in [-0.4, -0.2) is 51.0 Å². The van der Waals surface area contributed by atoms with E-state index in [4.69, 9.17) is 19.6 Å². The SMILES string of the molecule is CC.CCCO.COCCn1c(Cc2ccc(-c3cccc(OCc4ccc(C)cc4F)n3)cc2C)nc2ccc(C(=O)O)cc21. The minimum atomic E-state index is -0.972. The maximum absolute atomic E-state index is 14.2. The van der Waals surface area contributed by atoms with Crippen LogP contribution < -0.4 is 4.74 Å². The second-order valence-corrected chi connectivity index (χ2v) is 10.5. The molecular weight excluding hydrogens is 585 g/mol. The van der Waals surface area contributed by atoms with Crippen LogP contribution in [0.4, 0.5) is 4.39 Å². The lowest BCUT2D eigenvalue weighted by molar-refractivity contribution is 0.0697. The molecule has 5 rings (SSSR count). The molecule has 0 spiro atoms. The number of hydrogen-bond donors (Lipinski definition) is 2. The summed E-state index contributed by atoms with van der Waals surface area (Å²) in [5.74, 6) is -0.00527. The van der Waals surface area contributed by atoms with Crippen LogP contribution in [0.5, 0.6) is 5.88 Å². The van der Waals surface area contributed by atoms with E-state index >= 15 is 0 Å². The van der Waals surface area contributed by atoms with Crippen LogP contribution in [0.25, 0.3) is 22.3 Å². The Bertz CT molecular complexity index is 1730. The number of nitrogens with zero attached hydrogens (tertiary/aromatic N) is 3. The molecule has 0 fully saturated rings. The number of imidazole rings is 1. The molecular formula is C37H44FN3O5. The molecule has 0 atom stereocenters. The van der Waals surface area contributed by atoms with E-state index in [1.165, 1.54) is 6.07 Å². The Morgan fingerprint density at radius 2 is 1.70 bits per heavy atom. The van der Waals surface area contributed by atoms with E-state index in [-0.39, 0.29) is 18.0 Å². The lowest BCUT2D eigenvalue weighted by Crippen LogP contribution is -2.09. The summed E-state index contributed by atoms with van der Waals surface area (Å²) in [4.78, 5) is 21.0. The Morgan fingerprint density at radius 3 is 2.35 bits per heavy atom. The predicted octanol–water partition coefficient (Wildman–Crippen LogP) is 7.78. The fraction of sp³-hybridized carbons (Fsp3) is 0.324. The number of halogens is 1. The zero-order valence-corrected chi connectivity index (χ0v) is 27.5. The lowest BCUT2D eigenvalue weighted by atomic mass is 10.0. The van der Waals surface area contributed by atoms with Gasteiger partial charge in [-0.2, -0.15) is 0 Å². The standard InChI is InChI=1S/C32H30FN3O4.C3H8O.C2H6/c1-20-7-8-25(26(33)15-20)19-40-31-6-4-5-27(35-31)23-10-9-22(21(2)16-23)18-30-34-28-12-11-24(32(37)38)17-29(28)36(30)13-14-39-3;1-2-3-4;1-2/h4-12,15-17H,13-14,18-19H2,1-3H3,(H,37,38);4H,2-3H2,1H3;1-2H3. The third-order valence-electron chi connectivity index (χ3n) is 7.11. The maximum Gasteiger partial charge on any atom is 0.335 e. The van der Waals surface area contributed by atoms with Gasteiger partial charge in [0.25, 0.3) is 0 Å². The monoisotopic (exact) mass is 629 g/mol. The molecule has 0 aliphatic heterocycles. The zero-order valence-electron chi connectivity index (χ0n) is 27.5. The van der Waals surface area contributed by atoms with Gasteiger partial charge in [-0.25, -0.2) is 19.2 Å². The molecule has 244 valence electrons. The average molecular weight is 630 g/mol. The summed E-state index contributed by atoms with van der Waals surface area (Å²) in [5, 5.41) is 17.3. The quantitative estimate of drug-likeness (QED) is 0.154. The fourth-order valence-electron chi connectivity index (χ4n) is 4.67. The fourth-order valence-corrected chi connectivity index (χ4v) is 4.67. The number of ether oxygens (including phenoxy) is 2. The summed E-state index contributed by atoms with van der Waals surface area (Å²) < 4.78 is 27.3. The van der Waals surface area contributed by atoms with Gasteiger partial charge in [-0.15, -0.1) is 0 Å². The molecule has 46 heavy (non-hydrogen) atoms. The van der Waals surface area contributed by atoms with E-state index in [0.29, 0.717) is 37.6 Å². The number of carbonyl (C=O) groups is 1. The first-order valence-corrected chi connectivity index (χ1v) is 15.5. The van der Waals surface area contributed by atoms with E-state index in [2.05, 4.69) is 17.1 Å². The van der Waals surface area contributed by atoms with Crippen molar-refractivity contribution in [3.8, 4) is 17.1 Å². The van der Waals surface area contributed by atoms with E-state index in [1.54, 1.807) is 37.4 Å². The summed E-state index contributed by atoms with van der Waals surface area (Å²) in [5.41, 5.74) is 6.94. The minimum absolute atomic E-state index is 0.0958. The van der Waals surface area contributed by atoms with Gasteiger partial charge < -0.3 is 24.3 Å². The summed E-state index contributed by atoms with van der Waals surface area (Å²) in [6.07, 6.45) is 1.45. The molecule has 3 aromatic carbocycles. The molecule has 0 aliphatic rings. The smallest absolute Gasteiger partial charge is 0.335 e. The number of aromatic nitrogens is 3. The highest BCUT2D eigenvalue weighted by molar-refractivity contribution is 5.92. The Hall–Kier alpha value is -4.60. The third kappa shape index (κ3) is 9.45. The van der Waals surface area contributed by atoms with E-state index in [9.17, 15) is 14.3 Å². The first kappa shape index (κ1) is 35.9. The van der Waals surface area contributed by atoms with E-state index < -0.39 is 5.97 Å². The van der Waals surface area contributed by atoms with E-state index in [1.807, 2.05) is 63.5 Å². The summed E-state index contributed by atoms with van der Waals surface area (Å²) in [7, 11) is 1.64. The zero-order chi connectivity index (χ0) is 33.6. The number of benzene rings is 3. The number of methoxy groups -OCH3 is 1. The van der Waals surface area contributed by atoms with Crippen LogP contribution in [0.15, 0.2) is 72.8 Å². The molecule has 0 aliphatic carbocycles. The Morgan fingerprint density at radius 1 is 0.957 bits per heavy atom. The number of carboxylic acids is 1. The number of aliphatic hydroxyl groups excluding tert-OH is 1. The van der Waals surface area contributed by atoms with Crippen LogP contribution in [0.2, 0.25) is 0 Å². The number of hydrogen-bond acceptors (Lipinski definition) is 6. The highest BCUT2D eigenvalue weighted by Crippen LogP contribution is 2.26. The molecule has 0 bridgehead atoms. The Kier molecular flexibility index (Phi) is 13.9. The molecule has 0 radical (unpaired) electrons. The molecule has 8 nitrogen and oxygen atoms in total. The summed E-state index contributed by atoms with van der Waals surface area (Å²) in [6, 6.07) is 21.8. The molecule has 2 N–H and O–H groups in total. The third-order valence-corrected chi connectivity index (χ3v) is 7.11. The van der Waals surface area contributed by atoms with E-state index in [0.717, 1.165) is 51.2 Å². The van der Waals surface area contributed by atoms with Gasteiger partial charge in [-0.05, 0) is 73.4 Å². The van der Waals surface area contributed by atoms with Crippen molar-refractivity contribution in [2.24, 2.45) is 0 Å². The number of fused-ring (bicyclic) bond motifs is 1. The van der Waals surface area contributed by atoms with Crippen molar-refractivity contribution in [1.82, 2.24) is 14.5 Å². The number of rotatable bonds is 11. The van der Waals surface area contributed by atoms with Gasteiger partial charge in [-0.1, -0.05) is 51.1 Å². The van der Waals surface area contributed by atoms with Gasteiger partial charge in [0.15, 0.2) is 0 Å². The van der Waals surface area contributed by atoms with Crippen LogP contribution in [-0.2, 0) is 24.3 Å². The topological polar surface area (TPSA) is 107 Å². The Balaban J connectivity index is 0.000000891. The van der Waals surface area contributed by atoms with Crippen molar-refractivity contribution in [3.05, 3.63) is 112 Å². The molecule has 0 amide bonds. The maximum atomic E-state index is 14.2. The largest absolute Gasteiger partial charge is 0.478 e. The van der Waals surface area contributed by atoms with Crippen molar-refractivity contribution in [1.29, 1.82) is 0 Å². The number of carboxylic acid groups (broad SMARTS) is 1. The summed E-state index contributed by atoms with van der Waals surface area (Å²) in [6.45, 7) is 11.3. The predicted molar refractivity (Wildman–Crippen MR) is 180 cm³/mol. The van der Waals surface area contributed by atoms with Gasteiger partial charge >= 0.3 is 5.97 Å². The van der Waals surface area contributed by atoms with Crippen LogP contribution in [0, 0.1) is 19.7 Å². The van der Waals surface area contributed by atoms with Crippen molar-refractivity contribution in [2.75, 3.05) is 20.3 Å².